The molecule has 0 bridgehead atoms. The molecule has 5 nitrogen and oxygen atoms in total. The lowest BCUT2D eigenvalue weighted by Gasteiger charge is -2.07. The Labute approximate surface area is 127 Å². The van der Waals surface area contributed by atoms with E-state index in [0.29, 0.717) is 5.95 Å². The van der Waals surface area contributed by atoms with Crippen molar-refractivity contribution in [3.05, 3.63) is 60.8 Å². The molecule has 3 aromatic rings. The van der Waals surface area contributed by atoms with Gasteiger partial charge in [0, 0.05) is 17.4 Å². The Morgan fingerprint density at radius 1 is 0.909 bits per heavy atom. The van der Waals surface area contributed by atoms with Crippen molar-refractivity contribution in [2.24, 2.45) is 0 Å². The molecule has 0 spiro atoms. The molecule has 0 fully saturated rings. The highest BCUT2D eigenvalue weighted by Gasteiger charge is 2.14. The first-order valence-electron chi connectivity index (χ1n) is 6.94. The molecule has 0 saturated carbocycles. The van der Waals surface area contributed by atoms with Crippen molar-refractivity contribution in [3.63, 3.8) is 0 Å². The summed E-state index contributed by atoms with van der Waals surface area (Å²) in [5, 5.41) is 3.19. The first-order chi connectivity index (χ1) is 10.9. The Bertz CT molecular complexity index is 806. The average Bonchev–Trinajstić information content (AvgIpc) is 3.04. The number of para-hydroxylation sites is 1. The highest BCUT2D eigenvalue weighted by molar-refractivity contribution is 5.65. The number of nitrogens with zero attached hydrogens (tertiary/aromatic N) is 2. The van der Waals surface area contributed by atoms with Crippen molar-refractivity contribution in [1.82, 2.24) is 9.97 Å². The van der Waals surface area contributed by atoms with E-state index in [2.05, 4.69) is 15.3 Å². The van der Waals surface area contributed by atoms with Crippen LogP contribution in [0.5, 0.6) is 11.5 Å². The van der Waals surface area contributed by atoms with Gasteiger partial charge in [0.05, 0.1) is 5.69 Å². The van der Waals surface area contributed by atoms with E-state index >= 15 is 0 Å². The Morgan fingerprint density at radius 2 is 1.77 bits per heavy atom. The summed E-state index contributed by atoms with van der Waals surface area (Å²) in [7, 11) is 0. The molecule has 1 N–H and O–H groups in total. The van der Waals surface area contributed by atoms with Gasteiger partial charge in [-0.15, -0.1) is 0 Å². The summed E-state index contributed by atoms with van der Waals surface area (Å²) in [5.41, 5.74) is 2.74. The van der Waals surface area contributed by atoms with Gasteiger partial charge >= 0.3 is 0 Å². The molecule has 0 atom stereocenters. The first kappa shape index (κ1) is 12.6. The van der Waals surface area contributed by atoms with E-state index in [0.717, 1.165) is 28.4 Å². The molecular formula is C17H13N3O2. The maximum absolute atomic E-state index is 5.41. The van der Waals surface area contributed by atoms with Gasteiger partial charge in [0.1, 0.15) is 0 Å². The Balaban J connectivity index is 1.64. The van der Waals surface area contributed by atoms with Crippen molar-refractivity contribution in [2.45, 2.75) is 0 Å². The molecule has 2 heterocycles. The van der Waals surface area contributed by atoms with Gasteiger partial charge in [-0.05, 0) is 36.4 Å². The summed E-state index contributed by atoms with van der Waals surface area (Å²) in [6, 6.07) is 17.5. The molecule has 0 radical (unpaired) electrons. The van der Waals surface area contributed by atoms with E-state index in [1.165, 1.54) is 0 Å². The van der Waals surface area contributed by atoms with Crippen LogP contribution in [0.25, 0.3) is 11.3 Å². The summed E-state index contributed by atoms with van der Waals surface area (Å²) in [4.78, 5) is 8.80. The third-order valence-corrected chi connectivity index (χ3v) is 3.35. The van der Waals surface area contributed by atoms with E-state index in [4.69, 9.17) is 9.47 Å². The highest BCUT2D eigenvalue weighted by atomic mass is 16.7. The third kappa shape index (κ3) is 2.44. The minimum Gasteiger partial charge on any atom is -0.454 e. The summed E-state index contributed by atoms with van der Waals surface area (Å²) >= 11 is 0. The molecule has 4 rings (SSSR count). The number of hydrogen-bond donors (Lipinski definition) is 1. The smallest absolute Gasteiger partial charge is 0.231 e. The predicted molar refractivity (Wildman–Crippen MR) is 83.3 cm³/mol. The van der Waals surface area contributed by atoms with Crippen molar-refractivity contribution in [3.8, 4) is 22.8 Å². The van der Waals surface area contributed by atoms with Crippen LogP contribution in [0.4, 0.5) is 11.6 Å². The normalized spacial score (nSPS) is 12.2. The third-order valence-electron chi connectivity index (χ3n) is 3.35. The second kappa shape index (κ2) is 5.37. The largest absolute Gasteiger partial charge is 0.454 e. The maximum atomic E-state index is 5.41. The molecule has 1 aromatic heterocycles. The number of rotatable bonds is 3. The van der Waals surface area contributed by atoms with Crippen molar-refractivity contribution < 1.29 is 9.47 Å². The van der Waals surface area contributed by atoms with E-state index in [-0.39, 0.29) is 6.79 Å². The van der Waals surface area contributed by atoms with Gasteiger partial charge in [-0.25, -0.2) is 9.97 Å². The zero-order chi connectivity index (χ0) is 14.8. The molecule has 108 valence electrons. The topological polar surface area (TPSA) is 56.3 Å². The molecule has 0 unspecified atom stereocenters. The lowest BCUT2D eigenvalue weighted by molar-refractivity contribution is 0.174. The summed E-state index contributed by atoms with van der Waals surface area (Å²) in [6.45, 7) is 0.267. The van der Waals surface area contributed by atoms with Crippen LogP contribution in [0.15, 0.2) is 60.8 Å². The predicted octanol–water partition coefficient (Wildman–Crippen LogP) is 3.62. The van der Waals surface area contributed by atoms with Gasteiger partial charge in [-0.2, -0.15) is 0 Å². The molecule has 2 aromatic carbocycles. The zero-order valence-electron chi connectivity index (χ0n) is 11.7. The van der Waals surface area contributed by atoms with Crippen LogP contribution in [-0.2, 0) is 0 Å². The van der Waals surface area contributed by atoms with Crippen LogP contribution in [0.1, 0.15) is 0 Å². The standard InChI is InChI=1S/C17H13N3O2/c1-2-4-13(5-3-1)19-17-18-9-8-14(20-17)12-6-7-15-16(10-12)22-11-21-15/h1-10H,11H2,(H,18,19,20). The fraction of sp³-hybridized carbons (Fsp3) is 0.0588. The van der Waals surface area contributed by atoms with Gasteiger partial charge in [-0.3, -0.25) is 0 Å². The number of anilines is 2. The molecule has 0 amide bonds. The summed E-state index contributed by atoms with van der Waals surface area (Å²) in [6.07, 6.45) is 1.73. The van der Waals surface area contributed by atoms with E-state index in [1.54, 1.807) is 6.20 Å². The van der Waals surface area contributed by atoms with E-state index in [9.17, 15) is 0 Å². The van der Waals surface area contributed by atoms with Crippen LogP contribution in [0.3, 0.4) is 0 Å². The average molecular weight is 291 g/mol. The molecule has 1 aliphatic heterocycles. The number of hydrogen-bond acceptors (Lipinski definition) is 5. The fourth-order valence-electron chi connectivity index (χ4n) is 2.29. The van der Waals surface area contributed by atoms with Gasteiger partial charge < -0.3 is 14.8 Å². The van der Waals surface area contributed by atoms with Crippen molar-refractivity contribution in [1.29, 1.82) is 0 Å². The van der Waals surface area contributed by atoms with Crippen LogP contribution in [-0.4, -0.2) is 16.8 Å². The number of fused-ring (bicyclic) bond motifs is 1. The van der Waals surface area contributed by atoms with Crippen LogP contribution < -0.4 is 14.8 Å². The van der Waals surface area contributed by atoms with Gasteiger partial charge in [0.25, 0.3) is 0 Å². The fourth-order valence-corrected chi connectivity index (χ4v) is 2.29. The van der Waals surface area contributed by atoms with Crippen LogP contribution >= 0.6 is 0 Å². The van der Waals surface area contributed by atoms with E-state index < -0.39 is 0 Å². The van der Waals surface area contributed by atoms with Crippen LogP contribution in [0, 0.1) is 0 Å². The lowest BCUT2D eigenvalue weighted by Crippen LogP contribution is -1.97. The number of ether oxygens (including phenoxy) is 2. The second-order valence-electron chi connectivity index (χ2n) is 4.82. The molecule has 5 heteroatoms. The van der Waals surface area contributed by atoms with Gasteiger partial charge in [0.15, 0.2) is 11.5 Å². The number of aromatic nitrogens is 2. The van der Waals surface area contributed by atoms with Gasteiger partial charge in [-0.1, -0.05) is 18.2 Å². The number of nitrogens with one attached hydrogen (secondary N) is 1. The first-order valence-corrected chi connectivity index (χ1v) is 6.94. The monoisotopic (exact) mass is 291 g/mol. The van der Waals surface area contributed by atoms with E-state index in [1.807, 2.05) is 54.6 Å². The van der Waals surface area contributed by atoms with Crippen molar-refractivity contribution >= 4 is 11.6 Å². The Hall–Kier alpha value is -3.08. The Kier molecular flexibility index (Phi) is 3.08. The number of benzene rings is 2. The molecular weight excluding hydrogens is 278 g/mol. The SMILES string of the molecule is c1ccc(Nc2nccc(-c3ccc4c(c3)OCO4)n2)cc1. The van der Waals surface area contributed by atoms with Gasteiger partial charge in [0.2, 0.25) is 12.7 Å². The highest BCUT2D eigenvalue weighted by Crippen LogP contribution is 2.35. The maximum Gasteiger partial charge on any atom is 0.231 e. The molecule has 0 aliphatic carbocycles. The molecule has 22 heavy (non-hydrogen) atoms. The lowest BCUT2D eigenvalue weighted by atomic mass is 10.1. The molecule has 0 saturated heterocycles. The van der Waals surface area contributed by atoms with Crippen molar-refractivity contribution in [2.75, 3.05) is 12.1 Å². The second-order valence-corrected chi connectivity index (χ2v) is 4.82. The summed E-state index contributed by atoms with van der Waals surface area (Å²) in [5.74, 6) is 2.07. The zero-order valence-corrected chi connectivity index (χ0v) is 11.7. The quantitative estimate of drug-likeness (QED) is 0.798. The molecule has 1 aliphatic rings. The Morgan fingerprint density at radius 3 is 2.68 bits per heavy atom. The van der Waals surface area contributed by atoms with Crippen LogP contribution in [0.2, 0.25) is 0 Å². The minimum atomic E-state index is 0.267. The summed E-state index contributed by atoms with van der Waals surface area (Å²) < 4.78 is 10.7. The minimum absolute atomic E-state index is 0.267.